The quantitative estimate of drug-likeness (QED) is 0.603. The fraction of sp³-hybridized carbons (Fsp3) is 0.250. The van der Waals surface area contributed by atoms with Crippen molar-refractivity contribution in [2.75, 3.05) is 5.32 Å². The molecule has 100 valence electrons. The molecule has 1 aliphatic carbocycles. The minimum Gasteiger partial charge on any atom is -0.411 e. The number of carbonyl (C=O) groups is 2. The number of amides is 1. The summed E-state index contributed by atoms with van der Waals surface area (Å²) in [7, 11) is 0. The number of anilines is 1. The van der Waals surface area contributed by atoms with Crippen LogP contribution in [0.25, 0.3) is 0 Å². The molecule has 0 aromatic heterocycles. The number of hydrogen-bond donors (Lipinski definition) is 2. The molecule has 5 nitrogen and oxygen atoms in total. The number of carbonyl (C=O) groups excluding carboxylic acids is 2. The van der Waals surface area contributed by atoms with Crippen molar-refractivity contribution < 1.29 is 23.6 Å². The highest BCUT2D eigenvalue weighted by Crippen LogP contribution is 2.31. The number of nitrogens with zero attached hydrogens (tertiary/aromatic N) is 1. The van der Waals surface area contributed by atoms with E-state index in [4.69, 9.17) is 5.21 Å². The van der Waals surface area contributed by atoms with Crippen molar-refractivity contribution in [1.82, 2.24) is 0 Å². The molecule has 0 radical (unpaired) electrons. The number of nitrogens with one attached hydrogen (secondary N) is 1. The van der Waals surface area contributed by atoms with E-state index < -0.39 is 23.3 Å². The molecule has 1 aromatic rings. The Hall–Kier alpha value is -2.31. The van der Waals surface area contributed by atoms with Crippen LogP contribution in [-0.2, 0) is 11.2 Å². The lowest BCUT2D eigenvalue weighted by molar-refractivity contribution is -0.114. The fourth-order valence-electron chi connectivity index (χ4n) is 2.06. The van der Waals surface area contributed by atoms with Crippen LogP contribution in [0, 0.1) is 11.6 Å². The minimum atomic E-state index is -1.14. The largest absolute Gasteiger partial charge is 0.411 e. The topological polar surface area (TPSA) is 78.8 Å². The Morgan fingerprint density at radius 2 is 2.11 bits per heavy atom. The van der Waals surface area contributed by atoms with Gasteiger partial charge in [0.1, 0.15) is 5.71 Å². The fourth-order valence-corrected chi connectivity index (χ4v) is 2.06. The first kappa shape index (κ1) is 13.1. The summed E-state index contributed by atoms with van der Waals surface area (Å²) in [4.78, 5) is 23.0. The van der Waals surface area contributed by atoms with E-state index in [2.05, 4.69) is 10.5 Å². The summed E-state index contributed by atoms with van der Waals surface area (Å²) in [6, 6.07) is 0.744. The van der Waals surface area contributed by atoms with Crippen LogP contribution in [0.1, 0.15) is 29.3 Å². The Bertz CT molecular complexity index is 611. The molecule has 0 heterocycles. The standard InChI is InChI=1S/C12H10F2N2O3/c1-5(17)15-9-4-7(13)11(14)6-2-3-8(16-19)12(18)10(6)9/h4,19H,2-3H2,1H3,(H,15,17). The van der Waals surface area contributed by atoms with Gasteiger partial charge in [0.2, 0.25) is 11.7 Å². The molecule has 0 saturated carbocycles. The second-order valence-corrected chi connectivity index (χ2v) is 4.13. The molecular weight excluding hydrogens is 258 g/mol. The maximum atomic E-state index is 13.7. The van der Waals surface area contributed by atoms with E-state index in [-0.39, 0.29) is 35.4 Å². The highest BCUT2D eigenvalue weighted by atomic mass is 19.2. The first-order chi connectivity index (χ1) is 8.95. The van der Waals surface area contributed by atoms with Gasteiger partial charge in [0.25, 0.3) is 0 Å². The third-order valence-corrected chi connectivity index (χ3v) is 2.85. The normalized spacial score (nSPS) is 16.4. The van der Waals surface area contributed by atoms with Gasteiger partial charge in [-0.3, -0.25) is 9.59 Å². The van der Waals surface area contributed by atoms with Crippen molar-refractivity contribution in [3.05, 3.63) is 28.8 Å². The lowest BCUT2D eigenvalue weighted by Crippen LogP contribution is -2.26. The highest BCUT2D eigenvalue weighted by molar-refractivity contribution is 6.48. The number of oxime groups is 1. The number of hydrogen-bond acceptors (Lipinski definition) is 4. The highest BCUT2D eigenvalue weighted by Gasteiger charge is 2.31. The van der Waals surface area contributed by atoms with Gasteiger partial charge in [-0.05, 0) is 6.42 Å². The third-order valence-electron chi connectivity index (χ3n) is 2.85. The van der Waals surface area contributed by atoms with Crippen LogP contribution < -0.4 is 5.32 Å². The number of Topliss-reactive ketones (excluding diaryl/α,β-unsaturated/α-hetero) is 1. The molecule has 0 unspecified atom stereocenters. The lowest BCUT2D eigenvalue weighted by atomic mass is 9.87. The van der Waals surface area contributed by atoms with E-state index in [0.29, 0.717) is 0 Å². The summed E-state index contributed by atoms with van der Waals surface area (Å²) in [5.74, 6) is -3.49. The number of ketones is 1. The Labute approximate surface area is 106 Å². The third kappa shape index (κ3) is 2.18. The maximum Gasteiger partial charge on any atom is 0.221 e. The van der Waals surface area contributed by atoms with Crippen LogP contribution in [0.3, 0.4) is 0 Å². The molecule has 1 aliphatic rings. The molecule has 0 spiro atoms. The molecule has 0 bridgehead atoms. The van der Waals surface area contributed by atoms with Crippen LogP contribution in [0.15, 0.2) is 11.2 Å². The summed E-state index contributed by atoms with van der Waals surface area (Å²) in [5, 5.41) is 13.8. The smallest absolute Gasteiger partial charge is 0.221 e. The van der Waals surface area contributed by atoms with Crippen molar-refractivity contribution in [3.63, 3.8) is 0 Å². The lowest BCUT2D eigenvalue weighted by Gasteiger charge is -2.20. The first-order valence-corrected chi connectivity index (χ1v) is 5.49. The molecule has 1 aromatic carbocycles. The Morgan fingerprint density at radius 1 is 1.42 bits per heavy atom. The first-order valence-electron chi connectivity index (χ1n) is 5.49. The van der Waals surface area contributed by atoms with Gasteiger partial charge in [0, 0.05) is 25.0 Å². The zero-order chi connectivity index (χ0) is 14.2. The molecule has 1 amide bonds. The summed E-state index contributed by atoms with van der Waals surface area (Å²) in [6.07, 6.45) is 0.0405. The molecule has 0 fully saturated rings. The van der Waals surface area contributed by atoms with Gasteiger partial charge < -0.3 is 10.5 Å². The predicted octanol–water partition coefficient (Wildman–Crippen LogP) is 1.88. The van der Waals surface area contributed by atoms with E-state index >= 15 is 0 Å². The molecule has 0 saturated heterocycles. The maximum absolute atomic E-state index is 13.7. The predicted molar refractivity (Wildman–Crippen MR) is 62.5 cm³/mol. The van der Waals surface area contributed by atoms with Gasteiger partial charge in [-0.1, -0.05) is 5.16 Å². The van der Waals surface area contributed by atoms with Crippen molar-refractivity contribution >= 4 is 23.1 Å². The van der Waals surface area contributed by atoms with Gasteiger partial charge in [-0.2, -0.15) is 0 Å². The Morgan fingerprint density at radius 3 is 2.68 bits per heavy atom. The summed E-state index contributed by atoms with van der Waals surface area (Å²) >= 11 is 0. The Balaban J connectivity index is 2.67. The summed E-state index contributed by atoms with van der Waals surface area (Å²) < 4.78 is 27.1. The number of fused-ring (bicyclic) bond motifs is 1. The van der Waals surface area contributed by atoms with Crippen LogP contribution >= 0.6 is 0 Å². The Kier molecular flexibility index (Phi) is 3.28. The van der Waals surface area contributed by atoms with E-state index in [1.807, 2.05) is 0 Å². The molecule has 2 N–H and O–H groups in total. The van der Waals surface area contributed by atoms with Crippen molar-refractivity contribution in [2.45, 2.75) is 19.8 Å². The number of rotatable bonds is 1. The van der Waals surface area contributed by atoms with Crippen molar-refractivity contribution in [2.24, 2.45) is 5.16 Å². The minimum absolute atomic E-state index is 0.0161. The van der Waals surface area contributed by atoms with E-state index in [9.17, 15) is 18.4 Å². The molecule has 7 heteroatoms. The van der Waals surface area contributed by atoms with E-state index in [1.54, 1.807) is 0 Å². The SMILES string of the molecule is CC(=O)Nc1cc(F)c(F)c2c1C(=O)C(=NO)CC2. The second kappa shape index (κ2) is 4.75. The van der Waals surface area contributed by atoms with Crippen molar-refractivity contribution in [1.29, 1.82) is 0 Å². The van der Waals surface area contributed by atoms with Crippen LogP contribution in [0.2, 0.25) is 0 Å². The number of benzene rings is 1. The average Bonchev–Trinajstić information content (AvgIpc) is 2.34. The van der Waals surface area contributed by atoms with E-state index in [1.165, 1.54) is 6.92 Å². The zero-order valence-electron chi connectivity index (χ0n) is 9.96. The van der Waals surface area contributed by atoms with Gasteiger partial charge in [0.05, 0.1) is 11.3 Å². The monoisotopic (exact) mass is 268 g/mol. The van der Waals surface area contributed by atoms with Gasteiger partial charge in [-0.25, -0.2) is 8.78 Å². The second-order valence-electron chi connectivity index (χ2n) is 4.13. The van der Waals surface area contributed by atoms with Gasteiger partial charge in [0.15, 0.2) is 11.6 Å². The van der Waals surface area contributed by atoms with Gasteiger partial charge >= 0.3 is 0 Å². The summed E-state index contributed by atoms with van der Waals surface area (Å²) in [5.41, 5.74) is -0.535. The summed E-state index contributed by atoms with van der Waals surface area (Å²) in [6.45, 7) is 1.18. The van der Waals surface area contributed by atoms with Crippen LogP contribution in [0.4, 0.5) is 14.5 Å². The molecule has 0 aliphatic heterocycles. The van der Waals surface area contributed by atoms with Crippen LogP contribution in [-0.4, -0.2) is 22.6 Å². The zero-order valence-corrected chi connectivity index (χ0v) is 9.96. The molecule has 2 rings (SSSR count). The number of halogens is 2. The average molecular weight is 268 g/mol. The molecule has 0 atom stereocenters. The van der Waals surface area contributed by atoms with Gasteiger partial charge in [-0.15, -0.1) is 0 Å². The van der Waals surface area contributed by atoms with Crippen molar-refractivity contribution in [3.8, 4) is 0 Å². The molecular formula is C12H10F2N2O3. The molecule has 19 heavy (non-hydrogen) atoms. The van der Waals surface area contributed by atoms with E-state index in [0.717, 1.165) is 6.07 Å². The van der Waals surface area contributed by atoms with Crippen LogP contribution in [0.5, 0.6) is 0 Å².